The van der Waals surface area contributed by atoms with Crippen LogP contribution in [0.2, 0.25) is 0 Å². The highest BCUT2D eigenvalue weighted by Crippen LogP contribution is 2.30. The molecule has 1 aliphatic rings. The van der Waals surface area contributed by atoms with Crippen LogP contribution in [0.1, 0.15) is 18.0 Å². The van der Waals surface area contributed by atoms with Gasteiger partial charge in [0.15, 0.2) is 0 Å². The summed E-state index contributed by atoms with van der Waals surface area (Å²) in [5.74, 6) is 0.0406. The molecular weight excluding hydrogens is 176 g/mol. The molecule has 2 atom stereocenters. The van der Waals surface area contributed by atoms with Crippen molar-refractivity contribution < 1.29 is 4.79 Å². The summed E-state index contributed by atoms with van der Waals surface area (Å²) in [7, 11) is 1.81. The Kier molecular flexibility index (Phi) is 2.25. The minimum Gasteiger partial charge on any atom is -0.337 e. The van der Waals surface area contributed by atoms with Crippen LogP contribution in [0.4, 0.5) is 0 Å². The van der Waals surface area contributed by atoms with Gasteiger partial charge in [-0.1, -0.05) is 30.3 Å². The molecule has 1 aromatic rings. The van der Waals surface area contributed by atoms with E-state index in [0.29, 0.717) is 0 Å². The summed E-state index contributed by atoms with van der Waals surface area (Å²) in [6, 6.07) is 9.83. The van der Waals surface area contributed by atoms with Crippen LogP contribution in [0.5, 0.6) is 0 Å². The molecule has 1 fully saturated rings. The molecule has 0 aromatic heterocycles. The van der Waals surface area contributed by atoms with Crippen molar-refractivity contribution in [1.29, 1.82) is 0 Å². The zero-order valence-electron chi connectivity index (χ0n) is 8.18. The molecule has 0 radical (unpaired) electrons. The van der Waals surface area contributed by atoms with Gasteiger partial charge < -0.3 is 10.6 Å². The quantitative estimate of drug-likeness (QED) is 0.715. The molecule has 3 nitrogen and oxygen atoms in total. The van der Waals surface area contributed by atoms with E-state index in [9.17, 15) is 4.79 Å². The molecule has 1 saturated heterocycles. The van der Waals surface area contributed by atoms with Gasteiger partial charge in [0.05, 0.1) is 12.1 Å². The molecule has 1 aromatic carbocycles. The third kappa shape index (κ3) is 1.40. The van der Waals surface area contributed by atoms with Gasteiger partial charge in [-0.15, -0.1) is 0 Å². The van der Waals surface area contributed by atoms with Gasteiger partial charge in [-0.05, 0) is 12.0 Å². The normalized spacial score (nSPS) is 27.0. The van der Waals surface area contributed by atoms with Gasteiger partial charge in [0, 0.05) is 7.05 Å². The predicted molar refractivity (Wildman–Crippen MR) is 54.5 cm³/mol. The third-order valence-corrected chi connectivity index (χ3v) is 2.79. The number of nitrogens with two attached hydrogens (primary N) is 1. The molecule has 0 spiro atoms. The fraction of sp³-hybridized carbons (Fsp3) is 0.364. The molecule has 14 heavy (non-hydrogen) atoms. The minimum absolute atomic E-state index is 0.0406. The highest BCUT2D eigenvalue weighted by molar-refractivity contribution is 5.84. The fourth-order valence-electron chi connectivity index (χ4n) is 1.95. The van der Waals surface area contributed by atoms with Crippen molar-refractivity contribution in [1.82, 2.24) is 4.90 Å². The van der Waals surface area contributed by atoms with Gasteiger partial charge in [-0.25, -0.2) is 0 Å². The highest BCUT2D eigenvalue weighted by atomic mass is 16.2. The number of hydrogen-bond donors (Lipinski definition) is 1. The molecule has 1 heterocycles. The molecule has 0 aliphatic carbocycles. The molecule has 0 bridgehead atoms. The summed E-state index contributed by atoms with van der Waals surface area (Å²) in [5, 5.41) is 0. The number of benzene rings is 1. The van der Waals surface area contributed by atoms with E-state index in [1.165, 1.54) is 0 Å². The Bertz CT molecular complexity index is 336. The van der Waals surface area contributed by atoms with Crippen LogP contribution >= 0.6 is 0 Å². The van der Waals surface area contributed by atoms with Crippen LogP contribution < -0.4 is 5.73 Å². The molecule has 1 amide bonds. The van der Waals surface area contributed by atoms with Crippen LogP contribution in [-0.2, 0) is 4.79 Å². The van der Waals surface area contributed by atoms with Gasteiger partial charge >= 0.3 is 0 Å². The van der Waals surface area contributed by atoms with E-state index >= 15 is 0 Å². The van der Waals surface area contributed by atoms with Crippen molar-refractivity contribution in [2.24, 2.45) is 5.73 Å². The van der Waals surface area contributed by atoms with Crippen molar-refractivity contribution in [3.8, 4) is 0 Å². The monoisotopic (exact) mass is 190 g/mol. The number of likely N-dealkylation sites (N-methyl/N-ethyl adjacent to an activating group) is 1. The average Bonchev–Trinajstić information content (AvgIpc) is 2.47. The first-order valence-corrected chi connectivity index (χ1v) is 4.77. The third-order valence-electron chi connectivity index (χ3n) is 2.79. The first-order chi connectivity index (χ1) is 6.70. The van der Waals surface area contributed by atoms with E-state index in [-0.39, 0.29) is 18.0 Å². The van der Waals surface area contributed by atoms with Crippen LogP contribution in [0.3, 0.4) is 0 Å². The number of hydrogen-bond acceptors (Lipinski definition) is 2. The molecule has 2 rings (SSSR count). The molecule has 1 aliphatic heterocycles. The van der Waals surface area contributed by atoms with E-state index in [4.69, 9.17) is 5.73 Å². The Labute approximate surface area is 83.5 Å². The molecule has 2 N–H and O–H groups in total. The highest BCUT2D eigenvalue weighted by Gasteiger charge is 2.35. The van der Waals surface area contributed by atoms with Crippen LogP contribution in [0.15, 0.2) is 30.3 Å². The Morgan fingerprint density at radius 1 is 1.36 bits per heavy atom. The standard InChI is InChI=1S/C11H14N2O/c1-13-10(7-9(12)11(13)14)8-5-3-2-4-6-8/h2-6,9-10H,7,12H2,1H3/t9-,10+/m0/s1. The lowest BCUT2D eigenvalue weighted by Gasteiger charge is -2.19. The van der Waals surface area contributed by atoms with Gasteiger partial charge in [-0.3, -0.25) is 4.79 Å². The fourth-order valence-corrected chi connectivity index (χ4v) is 1.95. The second-order valence-electron chi connectivity index (χ2n) is 3.72. The van der Waals surface area contributed by atoms with Gasteiger partial charge in [-0.2, -0.15) is 0 Å². The molecule has 74 valence electrons. The van der Waals surface area contributed by atoms with Crippen LogP contribution in [0.25, 0.3) is 0 Å². The zero-order chi connectivity index (χ0) is 10.1. The molecule has 0 unspecified atom stereocenters. The largest absolute Gasteiger partial charge is 0.337 e. The molecular formula is C11H14N2O. The molecule has 0 saturated carbocycles. The van der Waals surface area contributed by atoms with Crippen molar-refractivity contribution in [3.05, 3.63) is 35.9 Å². The maximum absolute atomic E-state index is 11.5. The maximum atomic E-state index is 11.5. The van der Waals surface area contributed by atoms with Gasteiger partial charge in [0.2, 0.25) is 5.91 Å². The average molecular weight is 190 g/mol. The zero-order valence-corrected chi connectivity index (χ0v) is 8.18. The lowest BCUT2D eigenvalue weighted by atomic mass is 10.0. The minimum atomic E-state index is -0.329. The van der Waals surface area contributed by atoms with E-state index in [1.807, 2.05) is 37.4 Å². The van der Waals surface area contributed by atoms with Crippen molar-refractivity contribution in [3.63, 3.8) is 0 Å². The first-order valence-electron chi connectivity index (χ1n) is 4.77. The number of likely N-dealkylation sites (tertiary alicyclic amines) is 1. The lowest BCUT2D eigenvalue weighted by molar-refractivity contribution is -0.128. The number of rotatable bonds is 1. The number of carbonyl (C=O) groups is 1. The predicted octanol–water partition coefficient (Wildman–Crippen LogP) is 0.917. The lowest BCUT2D eigenvalue weighted by Crippen LogP contribution is -2.31. The SMILES string of the molecule is CN1C(=O)[C@@H](N)C[C@@H]1c1ccccc1. The Morgan fingerprint density at radius 3 is 2.50 bits per heavy atom. The summed E-state index contributed by atoms with van der Waals surface area (Å²) in [6.45, 7) is 0. The maximum Gasteiger partial charge on any atom is 0.239 e. The Balaban J connectivity index is 2.26. The van der Waals surface area contributed by atoms with E-state index < -0.39 is 0 Å². The second kappa shape index (κ2) is 3.42. The van der Waals surface area contributed by atoms with E-state index in [2.05, 4.69) is 0 Å². The first kappa shape index (κ1) is 9.21. The Morgan fingerprint density at radius 2 is 2.00 bits per heavy atom. The van der Waals surface area contributed by atoms with E-state index in [0.717, 1.165) is 12.0 Å². The van der Waals surface area contributed by atoms with Crippen LogP contribution in [0, 0.1) is 0 Å². The van der Waals surface area contributed by atoms with Crippen molar-refractivity contribution in [2.45, 2.75) is 18.5 Å². The number of amides is 1. The summed E-state index contributed by atoms with van der Waals surface area (Å²) in [5.41, 5.74) is 6.87. The summed E-state index contributed by atoms with van der Waals surface area (Å²) in [6.07, 6.45) is 0.722. The summed E-state index contributed by atoms with van der Waals surface area (Å²) >= 11 is 0. The molecule has 3 heteroatoms. The number of carbonyl (C=O) groups excluding carboxylic acids is 1. The topological polar surface area (TPSA) is 46.3 Å². The van der Waals surface area contributed by atoms with E-state index in [1.54, 1.807) is 4.90 Å². The summed E-state index contributed by atoms with van der Waals surface area (Å²) in [4.78, 5) is 13.2. The van der Waals surface area contributed by atoms with Gasteiger partial charge in [0.1, 0.15) is 0 Å². The summed E-state index contributed by atoms with van der Waals surface area (Å²) < 4.78 is 0. The van der Waals surface area contributed by atoms with Crippen molar-refractivity contribution in [2.75, 3.05) is 7.05 Å². The smallest absolute Gasteiger partial charge is 0.239 e. The van der Waals surface area contributed by atoms with Crippen molar-refractivity contribution >= 4 is 5.91 Å². The Hall–Kier alpha value is -1.35. The van der Waals surface area contributed by atoms with Gasteiger partial charge in [0.25, 0.3) is 0 Å². The van der Waals surface area contributed by atoms with Crippen LogP contribution in [-0.4, -0.2) is 23.9 Å². The second-order valence-corrected chi connectivity index (χ2v) is 3.72. The number of nitrogens with zero attached hydrogens (tertiary/aromatic N) is 1.